The summed E-state index contributed by atoms with van der Waals surface area (Å²) in [5.74, 6) is -0.756. The summed E-state index contributed by atoms with van der Waals surface area (Å²) in [7, 11) is 0. The van der Waals surface area contributed by atoms with Crippen molar-refractivity contribution < 1.29 is 14.7 Å². The van der Waals surface area contributed by atoms with E-state index in [-0.39, 0.29) is 6.10 Å². The Hall–Kier alpha value is -3.47. The summed E-state index contributed by atoms with van der Waals surface area (Å²) in [4.78, 5) is 21.1. The lowest BCUT2D eigenvalue weighted by Gasteiger charge is -2.28. The lowest BCUT2D eigenvalue weighted by Crippen LogP contribution is -2.18. The molecule has 3 aromatic rings. The smallest absolute Gasteiger partial charge is 0.350 e. The first kappa shape index (κ1) is 20.8. The number of rotatable bonds is 7. The van der Waals surface area contributed by atoms with Crippen molar-refractivity contribution in [2.24, 2.45) is 11.1 Å². The number of carboxylic acid groups (broad SMARTS) is 1. The lowest BCUT2D eigenvalue weighted by atomic mass is 9.82. The molecule has 0 aliphatic heterocycles. The summed E-state index contributed by atoms with van der Waals surface area (Å²) in [5, 5.41) is 13.6. The van der Waals surface area contributed by atoms with Crippen LogP contribution in [0.4, 0.5) is 0 Å². The first-order valence-electron chi connectivity index (χ1n) is 10.7. The fourth-order valence-electron chi connectivity index (χ4n) is 4.15. The van der Waals surface area contributed by atoms with Gasteiger partial charge in [0.15, 0.2) is 12.3 Å². The molecule has 4 rings (SSSR count). The van der Waals surface area contributed by atoms with Gasteiger partial charge in [0.25, 0.3) is 0 Å². The molecule has 0 amide bonds. The van der Waals surface area contributed by atoms with Crippen LogP contribution in [0.25, 0.3) is 23.1 Å². The highest BCUT2D eigenvalue weighted by molar-refractivity contribution is 6.21. The number of nitrogens with zero attached hydrogens (tertiary/aromatic N) is 2. The number of carboxylic acids is 1. The molecule has 1 aliphatic carbocycles. The van der Waals surface area contributed by atoms with Crippen LogP contribution in [-0.4, -0.2) is 22.3 Å². The average Bonchev–Trinajstić information content (AvgIpc) is 2.81. The zero-order valence-corrected chi connectivity index (χ0v) is 17.4. The third-order valence-corrected chi connectivity index (χ3v) is 5.75. The van der Waals surface area contributed by atoms with Gasteiger partial charge in [0.2, 0.25) is 0 Å². The van der Waals surface area contributed by atoms with E-state index in [4.69, 9.17) is 9.94 Å². The average molecular weight is 415 g/mol. The predicted octanol–water partition coefficient (Wildman–Crippen LogP) is 6.11. The van der Waals surface area contributed by atoms with Crippen molar-refractivity contribution in [3.05, 3.63) is 77.5 Å². The predicted molar refractivity (Wildman–Crippen MR) is 124 cm³/mol. The maximum Gasteiger partial charge on any atom is 0.350 e. The first-order chi connectivity index (χ1) is 15.2. The minimum Gasteiger partial charge on any atom is -0.477 e. The third-order valence-electron chi connectivity index (χ3n) is 5.75. The molecule has 1 unspecified atom stereocenters. The normalized spacial score (nSPS) is 16.1. The van der Waals surface area contributed by atoms with Gasteiger partial charge in [-0.15, -0.1) is 0 Å². The van der Waals surface area contributed by atoms with Crippen molar-refractivity contribution in [2.45, 2.75) is 38.2 Å². The quantitative estimate of drug-likeness (QED) is 0.374. The molecule has 158 valence electrons. The second-order valence-electron chi connectivity index (χ2n) is 7.93. The van der Waals surface area contributed by atoms with Crippen molar-refractivity contribution in [2.75, 3.05) is 0 Å². The first-order valence-corrected chi connectivity index (χ1v) is 10.7. The van der Waals surface area contributed by atoms with Gasteiger partial charge in [-0.3, -0.25) is 0 Å². The second kappa shape index (κ2) is 10.0. The molecule has 1 fully saturated rings. The van der Waals surface area contributed by atoms with Gasteiger partial charge in [-0.1, -0.05) is 79.0 Å². The van der Waals surface area contributed by atoms with Crippen LogP contribution in [0, 0.1) is 5.92 Å². The highest BCUT2D eigenvalue weighted by Crippen LogP contribution is 2.37. The number of aliphatic carboxylic acids is 1. The van der Waals surface area contributed by atoms with Crippen LogP contribution in [0.1, 0.15) is 55.0 Å². The Balaban J connectivity index is 1.49. The van der Waals surface area contributed by atoms with Crippen LogP contribution in [0.5, 0.6) is 0 Å². The maximum absolute atomic E-state index is 10.8. The van der Waals surface area contributed by atoms with E-state index >= 15 is 0 Å². The van der Waals surface area contributed by atoms with Crippen LogP contribution in [0.15, 0.2) is 65.8 Å². The van der Waals surface area contributed by atoms with Gasteiger partial charge in [0, 0.05) is 11.3 Å². The van der Waals surface area contributed by atoms with E-state index in [2.05, 4.69) is 22.3 Å². The zero-order valence-electron chi connectivity index (χ0n) is 17.4. The Bertz CT molecular complexity index is 1080. The minimum atomic E-state index is -1.11. The number of hydrogen-bond acceptors (Lipinski definition) is 4. The van der Waals surface area contributed by atoms with Gasteiger partial charge in [-0.2, -0.15) is 0 Å². The molecule has 2 aromatic carbocycles. The minimum absolute atomic E-state index is 0.226. The Kier molecular flexibility index (Phi) is 6.72. The zero-order chi connectivity index (χ0) is 21.5. The number of fused-ring (bicyclic) bond motifs is 1. The number of oxime groups is 1. The van der Waals surface area contributed by atoms with E-state index in [1.807, 2.05) is 60.7 Å². The fraction of sp³-hybridized carbons (Fsp3) is 0.269. The highest BCUT2D eigenvalue weighted by Gasteiger charge is 2.27. The molecule has 0 saturated heterocycles. The molecule has 1 N–H and O–H groups in total. The summed E-state index contributed by atoms with van der Waals surface area (Å²) < 4.78 is 0. The molecule has 1 aliphatic rings. The summed E-state index contributed by atoms with van der Waals surface area (Å²) in [6.45, 7) is 0. The number of benzene rings is 2. The molecule has 0 radical (unpaired) electrons. The maximum atomic E-state index is 10.8. The largest absolute Gasteiger partial charge is 0.477 e. The molecule has 5 nitrogen and oxygen atoms in total. The van der Waals surface area contributed by atoms with Crippen molar-refractivity contribution in [3.8, 4) is 0 Å². The van der Waals surface area contributed by atoms with Gasteiger partial charge in [-0.05, 0) is 42.2 Å². The van der Waals surface area contributed by atoms with E-state index in [9.17, 15) is 4.79 Å². The molecule has 0 bridgehead atoms. The van der Waals surface area contributed by atoms with Crippen LogP contribution >= 0.6 is 0 Å². The summed E-state index contributed by atoms with van der Waals surface area (Å²) in [6.07, 6.45) is 10.4. The van der Waals surface area contributed by atoms with Crippen LogP contribution in [0.3, 0.4) is 0 Å². The summed E-state index contributed by atoms with van der Waals surface area (Å²) >= 11 is 0. The molecule has 0 spiro atoms. The summed E-state index contributed by atoms with van der Waals surface area (Å²) in [6, 6.07) is 20.4. The van der Waals surface area contributed by atoms with E-state index in [1.54, 1.807) is 0 Å². The second-order valence-corrected chi connectivity index (χ2v) is 7.93. The topological polar surface area (TPSA) is 71.8 Å². The molecule has 1 aromatic heterocycles. The van der Waals surface area contributed by atoms with E-state index in [0.717, 1.165) is 46.8 Å². The monoisotopic (exact) mass is 414 g/mol. The van der Waals surface area contributed by atoms with Crippen LogP contribution in [-0.2, 0) is 9.63 Å². The van der Waals surface area contributed by atoms with Gasteiger partial charge < -0.3 is 9.94 Å². The standard InChI is InChI=1S/C26H26N2O3/c29-25(30)18-27-31-26(21-7-2-1-3-8-21)22-13-10-19(11-14-22)12-16-23-17-15-20-6-4-5-9-24(20)28-23/h4-6,9-18,21,26H,1-3,7-8H2,(H,29,30)/b16-12+,27-18+. The van der Waals surface area contributed by atoms with Crippen molar-refractivity contribution in [3.63, 3.8) is 0 Å². The van der Waals surface area contributed by atoms with Crippen molar-refractivity contribution in [1.29, 1.82) is 0 Å². The SMILES string of the molecule is O=C(O)/C=N/OC(c1ccc(/C=C/c2ccc3ccccc3n2)cc1)C1CCCCC1. The van der Waals surface area contributed by atoms with E-state index in [0.29, 0.717) is 5.92 Å². The van der Waals surface area contributed by atoms with Crippen LogP contribution in [0.2, 0.25) is 0 Å². The van der Waals surface area contributed by atoms with Gasteiger partial charge in [0.1, 0.15) is 0 Å². The van der Waals surface area contributed by atoms with E-state index in [1.165, 1.54) is 19.3 Å². The highest BCUT2D eigenvalue weighted by atomic mass is 16.6. The van der Waals surface area contributed by atoms with Crippen LogP contribution < -0.4 is 0 Å². The Morgan fingerprint density at radius 2 is 1.77 bits per heavy atom. The lowest BCUT2D eigenvalue weighted by molar-refractivity contribution is -0.129. The molecule has 1 atom stereocenters. The fourth-order valence-corrected chi connectivity index (χ4v) is 4.15. The molecule has 31 heavy (non-hydrogen) atoms. The number of aromatic nitrogens is 1. The number of carbonyl (C=O) groups is 1. The van der Waals surface area contributed by atoms with E-state index < -0.39 is 5.97 Å². The third kappa shape index (κ3) is 5.57. The van der Waals surface area contributed by atoms with Gasteiger partial charge in [-0.25, -0.2) is 9.78 Å². The Morgan fingerprint density at radius 1 is 1.00 bits per heavy atom. The van der Waals surface area contributed by atoms with Gasteiger partial charge >= 0.3 is 5.97 Å². The molecule has 1 saturated carbocycles. The van der Waals surface area contributed by atoms with Crippen molar-refractivity contribution in [1.82, 2.24) is 4.98 Å². The number of pyridine rings is 1. The Labute approximate surface area is 182 Å². The van der Waals surface area contributed by atoms with Gasteiger partial charge in [0.05, 0.1) is 11.2 Å². The molecular formula is C26H26N2O3. The molecule has 1 heterocycles. The molecular weight excluding hydrogens is 388 g/mol. The number of hydrogen-bond donors (Lipinski definition) is 1. The van der Waals surface area contributed by atoms with Crippen molar-refractivity contribution >= 4 is 35.2 Å². The number of para-hydroxylation sites is 1. The summed E-state index contributed by atoms with van der Waals surface area (Å²) in [5.41, 5.74) is 3.98. The molecule has 5 heteroatoms. The Morgan fingerprint density at radius 3 is 2.55 bits per heavy atom.